The quantitative estimate of drug-likeness (QED) is 0.462. The fourth-order valence-corrected chi connectivity index (χ4v) is 3.07. The van der Waals surface area contributed by atoms with Gasteiger partial charge in [0.2, 0.25) is 0 Å². The van der Waals surface area contributed by atoms with Gasteiger partial charge in [-0.3, -0.25) is 4.57 Å². The van der Waals surface area contributed by atoms with E-state index in [1.807, 2.05) is 0 Å². The maximum absolute atomic E-state index is 10.3. The van der Waals surface area contributed by atoms with E-state index in [1.54, 1.807) is 18.0 Å². The van der Waals surface area contributed by atoms with Crippen LogP contribution in [0.3, 0.4) is 0 Å². The molecule has 11 nitrogen and oxygen atoms in total. The molecule has 1 aliphatic heterocycles. The number of aliphatic hydroxyl groups excluding tert-OH is 3. The van der Waals surface area contributed by atoms with Gasteiger partial charge in [-0.05, 0) is 12.1 Å². The molecule has 1 saturated heterocycles. The van der Waals surface area contributed by atoms with E-state index in [2.05, 4.69) is 19.9 Å². The van der Waals surface area contributed by atoms with Crippen LogP contribution in [0.2, 0.25) is 0 Å². The molecular formula is C16H18N6O5. The zero-order valence-corrected chi connectivity index (χ0v) is 14.3. The maximum atomic E-state index is 10.3. The van der Waals surface area contributed by atoms with E-state index < -0.39 is 31.1 Å². The van der Waals surface area contributed by atoms with Crippen LogP contribution < -0.4 is 4.90 Å². The molecule has 0 saturated carbocycles. The molecule has 0 spiro atoms. The van der Waals surface area contributed by atoms with Crippen molar-refractivity contribution in [2.24, 2.45) is 0 Å². The normalized spacial score (nSPS) is 25.2. The summed E-state index contributed by atoms with van der Waals surface area (Å²) in [6.45, 7) is -0.420. The zero-order valence-electron chi connectivity index (χ0n) is 14.3. The van der Waals surface area contributed by atoms with E-state index in [9.17, 15) is 20.4 Å². The Morgan fingerprint density at radius 3 is 2.63 bits per heavy atom. The summed E-state index contributed by atoms with van der Waals surface area (Å²) in [5.74, 6) is 1.05. The van der Waals surface area contributed by atoms with Crippen LogP contribution in [0.4, 0.5) is 11.6 Å². The topological polar surface area (TPSA) is 150 Å². The smallest absolute Gasteiger partial charge is 0.167 e. The fourth-order valence-electron chi connectivity index (χ4n) is 3.07. The Hall–Kier alpha value is -2.86. The molecule has 4 rings (SSSR count). The van der Waals surface area contributed by atoms with Gasteiger partial charge in [-0.15, -0.1) is 0 Å². The van der Waals surface area contributed by atoms with Crippen molar-refractivity contribution in [1.29, 1.82) is 0 Å². The summed E-state index contributed by atoms with van der Waals surface area (Å²) in [6.07, 6.45) is -0.205. The van der Waals surface area contributed by atoms with Crippen LogP contribution in [-0.4, -0.2) is 76.9 Å². The molecule has 142 valence electrons. The SMILES string of the molecule is CN(c1ccc(O)cn1)c1ncnc2c1ncn2[C@@H]1O[C@H](CO)[C@@H](O)[C@H]1O. The van der Waals surface area contributed by atoms with Crippen molar-refractivity contribution < 1.29 is 25.2 Å². The Morgan fingerprint density at radius 2 is 1.96 bits per heavy atom. The number of imidazole rings is 1. The van der Waals surface area contributed by atoms with E-state index in [4.69, 9.17) is 4.74 Å². The van der Waals surface area contributed by atoms with Crippen LogP contribution in [0.5, 0.6) is 5.75 Å². The summed E-state index contributed by atoms with van der Waals surface area (Å²) in [5, 5.41) is 38.9. The highest BCUT2D eigenvalue weighted by molar-refractivity contribution is 5.85. The molecule has 0 amide bonds. The van der Waals surface area contributed by atoms with Gasteiger partial charge in [-0.25, -0.2) is 19.9 Å². The standard InChI is InChI=1S/C16H18N6O5/c1-21(10-3-2-8(24)4-17-10)14-11-15(19-6-18-14)22(7-20-11)16-13(26)12(25)9(5-23)27-16/h2-4,6-7,9,12-13,16,23-26H,5H2,1H3/t9-,12-,13-,16-/m1/s1. The first-order chi connectivity index (χ1) is 13.0. The average Bonchev–Trinajstić information content (AvgIpc) is 3.23. The summed E-state index contributed by atoms with van der Waals surface area (Å²) in [6, 6.07) is 3.14. The van der Waals surface area contributed by atoms with Gasteiger partial charge in [0.25, 0.3) is 0 Å². The fraction of sp³-hybridized carbons (Fsp3) is 0.375. The molecule has 27 heavy (non-hydrogen) atoms. The first-order valence-corrected chi connectivity index (χ1v) is 8.20. The highest BCUT2D eigenvalue weighted by atomic mass is 16.6. The predicted octanol–water partition coefficient (Wildman–Crippen LogP) is -0.694. The van der Waals surface area contributed by atoms with Gasteiger partial charge in [0, 0.05) is 7.05 Å². The Kier molecular flexibility index (Phi) is 4.36. The van der Waals surface area contributed by atoms with E-state index in [0.717, 1.165) is 0 Å². The number of pyridine rings is 1. The maximum Gasteiger partial charge on any atom is 0.167 e. The van der Waals surface area contributed by atoms with Gasteiger partial charge in [0.1, 0.15) is 36.2 Å². The van der Waals surface area contributed by atoms with Crippen molar-refractivity contribution in [3.63, 3.8) is 0 Å². The molecular weight excluding hydrogens is 356 g/mol. The number of hydrogen-bond acceptors (Lipinski definition) is 10. The third-order valence-electron chi connectivity index (χ3n) is 4.52. The zero-order chi connectivity index (χ0) is 19.1. The summed E-state index contributed by atoms with van der Waals surface area (Å²) in [7, 11) is 1.74. The minimum Gasteiger partial charge on any atom is -0.506 e. The third-order valence-corrected chi connectivity index (χ3v) is 4.52. The number of anilines is 2. The number of rotatable bonds is 4. The third kappa shape index (κ3) is 2.86. The molecule has 4 N–H and O–H groups in total. The van der Waals surface area contributed by atoms with Crippen molar-refractivity contribution in [2.75, 3.05) is 18.6 Å². The lowest BCUT2D eigenvalue weighted by atomic mass is 10.1. The molecule has 3 aromatic heterocycles. The van der Waals surface area contributed by atoms with Gasteiger partial charge in [-0.2, -0.15) is 0 Å². The first-order valence-electron chi connectivity index (χ1n) is 8.20. The van der Waals surface area contributed by atoms with Crippen LogP contribution in [0, 0.1) is 0 Å². The van der Waals surface area contributed by atoms with Crippen LogP contribution in [-0.2, 0) is 4.74 Å². The molecule has 3 aromatic rings. The van der Waals surface area contributed by atoms with E-state index in [0.29, 0.717) is 22.8 Å². The van der Waals surface area contributed by atoms with Crippen LogP contribution in [0.25, 0.3) is 11.2 Å². The number of ether oxygens (including phenoxy) is 1. The Labute approximate surface area is 153 Å². The molecule has 0 bridgehead atoms. The van der Waals surface area contributed by atoms with Gasteiger partial charge >= 0.3 is 0 Å². The van der Waals surface area contributed by atoms with Crippen molar-refractivity contribution >= 4 is 22.8 Å². The summed E-state index contributed by atoms with van der Waals surface area (Å²) in [5.41, 5.74) is 0.827. The number of nitrogens with zero attached hydrogens (tertiary/aromatic N) is 6. The van der Waals surface area contributed by atoms with E-state index in [-0.39, 0.29) is 5.75 Å². The molecule has 4 heterocycles. The lowest BCUT2D eigenvalue weighted by Crippen LogP contribution is -2.33. The van der Waals surface area contributed by atoms with Gasteiger partial charge in [0.05, 0.1) is 19.1 Å². The molecule has 1 fully saturated rings. The Balaban J connectivity index is 1.73. The molecule has 0 unspecified atom stereocenters. The van der Waals surface area contributed by atoms with Gasteiger partial charge in [-0.1, -0.05) is 0 Å². The van der Waals surface area contributed by atoms with E-state index in [1.165, 1.54) is 29.5 Å². The minimum absolute atomic E-state index is 0.0497. The lowest BCUT2D eigenvalue weighted by Gasteiger charge is -2.18. The molecule has 0 aliphatic carbocycles. The van der Waals surface area contributed by atoms with Crippen LogP contribution in [0.1, 0.15) is 6.23 Å². The number of aromatic hydroxyl groups is 1. The van der Waals surface area contributed by atoms with Crippen molar-refractivity contribution in [1.82, 2.24) is 24.5 Å². The largest absolute Gasteiger partial charge is 0.506 e. The lowest BCUT2D eigenvalue weighted by molar-refractivity contribution is -0.0511. The average molecular weight is 374 g/mol. The van der Waals surface area contributed by atoms with Crippen molar-refractivity contribution in [2.45, 2.75) is 24.5 Å². The second kappa shape index (κ2) is 6.70. The molecule has 4 atom stereocenters. The number of hydrogen-bond donors (Lipinski definition) is 4. The van der Waals surface area contributed by atoms with Gasteiger partial charge < -0.3 is 30.1 Å². The number of fused-ring (bicyclic) bond motifs is 1. The first kappa shape index (κ1) is 17.5. The summed E-state index contributed by atoms with van der Waals surface area (Å²) < 4.78 is 7.03. The molecule has 11 heteroatoms. The monoisotopic (exact) mass is 374 g/mol. The second-order valence-corrected chi connectivity index (χ2v) is 6.18. The Morgan fingerprint density at radius 1 is 1.15 bits per heavy atom. The van der Waals surface area contributed by atoms with Crippen LogP contribution in [0.15, 0.2) is 31.0 Å². The number of aliphatic hydroxyl groups is 3. The molecule has 1 aliphatic rings. The predicted molar refractivity (Wildman–Crippen MR) is 92.3 cm³/mol. The number of aromatic nitrogens is 5. The van der Waals surface area contributed by atoms with Crippen LogP contribution >= 0.6 is 0 Å². The molecule has 0 aromatic carbocycles. The summed E-state index contributed by atoms with van der Waals surface area (Å²) in [4.78, 5) is 18.6. The van der Waals surface area contributed by atoms with Crippen molar-refractivity contribution in [3.05, 3.63) is 31.0 Å². The Bertz CT molecular complexity index is 948. The van der Waals surface area contributed by atoms with Gasteiger partial charge in [0.15, 0.2) is 23.2 Å². The summed E-state index contributed by atoms with van der Waals surface area (Å²) >= 11 is 0. The van der Waals surface area contributed by atoms with Crippen molar-refractivity contribution in [3.8, 4) is 5.75 Å². The highest BCUT2D eigenvalue weighted by Gasteiger charge is 2.44. The van der Waals surface area contributed by atoms with E-state index >= 15 is 0 Å². The highest BCUT2D eigenvalue weighted by Crippen LogP contribution is 2.33. The molecule has 0 radical (unpaired) electrons. The second-order valence-electron chi connectivity index (χ2n) is 6.18. The minimum atomic E-state index is -1.24.